The maximum atomic E-state index is 6.06. The number of para-hydroxylation sites is 4. The van der Waals surface area contributed by atoms with Crippen LogP contribution in [0.15, 0.2) is 126 Å². The SMILES string of the molecule is CC(C)c1cccc(C(C)C)c1-n1c(-c2[c-]cc3oc4ccccc4c3c2)nc2ccccc21.[CH3][Ge]([CH3])([CH3])[c]1ccc(-c2[c-]cccc2)nc1.[Ir]. The van der Waals surface area contributed by atoms with Crippen LogP contribution in [0.2, 0.25) is 17.3 Å². The van der Waals surface area contributed by atoms with Crippen LogP contribution in [-0.4, -0.2) is 27.8 Å². The normalized spacial score (nSPS) is 11.6. The summed E-state index contributed by atoms with van der Waals surface area (Å²) in [7, 11) is 0. The van der Waals surface area contributed by atoms with Crippen molar-refractivity contribution in [3.8, 4) is 28.3 Å². The average Bonchev–Trinajstić information content (AvgIpc) is 3.70. The van der Waals surface area contributed by atoms with Crippen molar-refractivity contribution in [2.24, 2.45) is 0 Å². The largest absolute Gasteiger partial charge is 0 e. The summed E-state index contributed by atoms with van der Waals surface area (Å²) in [6.45, 7) is 9.05. The average molecular weight is 907 g/mol. The quantitative estimate of drug-likeness (QED) is 0.123. The van der Waals surface area contributed by atoms with E-state index in [2.05, 4.69) is 139 Å². The van der Waals surface area contributed by atoms with Crippen LogP contribution in [0.5, 0.6) is 0 Å². The summed E-state index contributed by atoms with van der Waals surface area (Å²) in [6, 6.07) is 46.4. The van der Waals surface area contributed by atoms with Gasteiger partial charge in [-0.25, -0.2) is 0 Å². The summed E-state index contributed by atoms with van der Waals surface area (Å²) < 4.78 is 9.85. The fourth-order valence-corrected chi connectivity index (χ4v) is 8.72. The van der Waals surface area contributed by atoms with Crippen LogP contribution in [0, 0.1) is 12.1 Å². The van der Waals surface area contributed by atoms with Gasteiger partial charge in [0.1, 0.15) is 5.58 Å². The molecule has 3 aromatic heterocycles. The van der Waals surface area contributed by atoms with Crippen molar-refractivity contribution in [1.29, 1.82) is 0 Å². The molecule has 0 atom stereocenters. The molecule has 0 fully saturated rings. The summed E-state index contributed by atoms with van der Waals surface area (Å²) in [6.07, 6.45) is 2.04. The molecule has 4 nitrogen and oxygen atoms in total. The molecule has 0 aliphatic rings. The Balaban J connectivity index is 0.000000222. The molecule has 8 aromatic rings. The van der Waals surface area contributed by atoms with Gasteiger partial charge in [0.15, 0.2) is 0 Å². The third kappa shape index (κ3) is 7.39. The van der Waals surface area contributed by atoms with Crippen LogP contribution < -0.4 is 4.40 Å². The van der Waals surface area contributed by atoms with Gasteiger partial charge in [0, 0.05) is 31.2 Å². The monoisotopic (exact) mass is 908 g/mol. The van der Waals surface area contributed by atoms with Gasteiger partial charge in [0.25, 0.3) is 0 Å². The second kappa shape index (κ2) is 15.1. The Morgan fingerprint density at radius 2 is 1.39 bits per heavy atom. The molecule has 0 unspecified atom stereocenters. The smallest absolute Gasteiger partial charge is 0 e. The minimum absolute atomic E-state index is 0. The molecule has 8 rings (SSSR count). The number of hydrogen-bond donors (Lipinski definition) is 0. The first-order valence-electron chi connectivity index (χ1n) is 17.5. The van der Waals surface area contributed by atoms with Gasteiger partial charge >= 0.3 is 99.8 Å². The van der Waals surface area contributed by atoms with Crippen LogP contribution in [0.4, 0.5) is 0 Å². The van der Waals surface area contributed by atoms with Gasteiger partial charge in [-0.05, 0) is 41.2 Å². The van der Waals surface area contributed by atoms with Gasteiger partial charge in [-0.3, -0.25) is 4.98 Å². The predicted octanol–water partition coefficient (Wildman–Crippen LogP) is 11.7. The zero-order valence-electron chi connectivity index (χ0n) is 30.3. The van der Waals surface area contributed by atoms with Crippen LogP contribution in [0.3, 0.4) is 0 Å². The molecule has 0 saturated heterocycles. The Labute approximate surface area is 317 Å². The van der Waals surface area contributed by atoms with Gasteiger partial charge in [-0.1, -0.05) is 81.6 Å². The fourth-order valence-electron chi connectivity index (χ4n) is 6.55. The maximum Gasteiger partial charge on any atom is 0 e. The molecule has 0 bridgehead atoms. The molecule has 0 spiro atoms. The van der Waals surface area contributed by atoms with Gasteiger partial charge in [0.2, 0.25) is 0 Å². The number of aromatic nitrogens is 3. The molecular weight excluding hydrogens is 863 g/mol. The number of furan rings is 1. The zero-order chi connectivity index (χ0) is 35.0. The van der Waals surface area contributed by atoms with Gasteiger partial charge < -0.3 is 8.98 Å². The van der Waals surface area contributed by atoms with Crippen molar-refractivity contribution in [2.45, 2.75) is 56.8 Å². The summed E-state index contributed by atoms with van der Waals surface area (Å²) in [5, 5.41) is 2.20. The number of hydrogen-bond acceptors (Lipinski definition) is 3. The summed E-state index contributed by atoms with van der Waals surface area (Å²) in [5.74, 6) is 8.81. The van der Waals surface area contributed by atoms with E-state index in [0.717, 1.165) is 55.6 Å². The Bertz CT molecular complexity index is 2390. The Kier molecular flexibility index (Phi) is 10.8. The molecule has 3 heterocycles. The molecule has 0 aliphatic carbocycles. The molecule has 259 valence electrons. The molecule has 0 aliphatic heterocycles. The van der Waals surface area contributed by atoms with Crippen molar-refractivity contribution < 1.29 is 24.5 Å². The third-order valence-electron chi connectivity index (χ3n) is 9.29. The molecule has 51 heavy (non-hydrogen) atoms. The first kappa shape index (κ1) is 36.5. The van der Waals surface area contributed by atoms with E-state index < -0.39 is 13.3 Å². The van der Waals surface area contributed by atoms with E-state index >= 15 is 0 Å². The van der Waals surface area contributed by atoms with Gasteiger partial charge in [0.05, 0.1) is 22.4 Å². The third-order valence-corrected chi connectivity index (χ3v) is 13.5. The predicted molar refractivity (Wildman–Crippen MR) is 212 cm³/mol. The first-order valence-corrected chi connectivity index (χ1v) is 24.8. The Morgan fingerprint density at radius 1 is 0.686 bits per heavy atom. The van der Waals surface area contributed by atoms with Crippen LogP contribution in [-0.2, 0) is 20.1 Å². The number of fused-ring (bicyclic) bond motifs is 4. The summed E-state index contributed by atoms with van der Waals surface area (Å²) >= 11 is -1.72. The number of rotatable bonds is 6. The van der Waals surface area contributed by atoms with E-state index in [1.54, 1.807) is 0 Å². The van der Waals surface area contributed by atoms with Crippen LogP contribution >= 0.6 is 0 Å². The first-order chi connectivity index (χ1) is 24.1. The van der Waals surface area contributed by atoms with E-state index in [1.165, 1.54) is 21.2 Å². The van der Waals surface area contributed by atoms with E-state index in [4.69, 9.17) is 9.40 Å². The van der Waals surface area contributed by atoms with Gasteiger partial charge in [-0.15, -0.1) is 23.8 Å². The molecule has 0 amide bonds. The zero-order valence-corrected chi connectivity index (χ0v) is 34.8. The second-order valence-corrected chi connectivity index (χ2v) is 25.2. The van der Waals surface area contributed by atoms with E-state index in [0.29, 0.717) is 11.8 Å². The molecule has 6 heteroatoms. The number of nitrogens with zero attached hydrogens (tertiary/aromatic N) is 3. The molecule has 0 saturated carbocycles. The minimum atomic E-state index is -1.72. The molecule has 1 radical (unpaired) electrons. The molecular formula is C45H43GeIrN3O-2. The number of benzene rings is 5. The maximum absolute atomic E-state index is 6.06. The summed E-state index contributed by atoms with van der Waals surface area (Å²) in [5.41, 5.74) is 10.8. The minimum Gasteiger partial charge on any atom is 0 e. The van der Waals surface area contributed by atoms with Crippen molar-refractivity contribution >= 4 is 50.6 Å². The van der Waals surface area contributed by atoms with E-state index in [-0.39, 0.29) is 20.1 Å². The van der Waals surface area contributed by atoms with E-state index in [1.807, 2.05) is 48.7 Å². The van der Waals surface area contributed by atoms with Crippen molar-refractivity contribution in [3.05, 3.63) is 145 Å². The van der Waals surface area contributed by atoms with Crippen molar-refractivity contribution in [3.63, 3.8) is 0 Å². The standard InChI is InChI=1S/C31H27N2O.C14H16GeN.Ir/c1-19(2)22-11-9-12-23(20(3)4)30(22)33-27-14-7-6-13-26(27)32-31(33)21-16-17-29-25(18-21)24-10-5-8-15-28(24)34-29;1-15(2,3)13-9-10-14(16-11-13)12-7-5-4-6-8-12;/h5-15,17-20H,1-4H3;4-7,9-11H,1-3H3;/q2*-1;. The number of pyridine rings is 1. The van der Waals surface area contributed by atoms with E-state index in [9.17, 15) is 0 Å². The van der Waals surface area contributed by atoms with Crippen molar-refractivity contribution in [2.75, 3.05) is 0 Å². The van der Waals surface area contributed by atoms with Crippen molar-refractivity contribution in [1.82, 2.24) is 14.5 Å². The fraction of sp³-hybridized carbons (Fsp3) is 0.200. The van der Waals surface area contributed by atoms with Gasteiger partial charge in [-0.2, -0.15) is 0 Å². The molecule has 5 aromatic carbocycles. The van der Waals surface area contributed by atoms with Crippen LogP contribution in [0.25, 0.3) is 61.3 Å². The summed E-state index contributed by atoms with van der Waals surface area (Å²) in [4.78, 5) is 9.66. The second-order valence-electron chi connectivity index (χ2n) is 14.5. The molecule has 0 N–H and O–H groups in total. The Morgan fingerprint density at radius 3 is 2.06 bits per heavy atom. The van der Waals surface area contributed by atoms with Crippen LogP contribution in [0.1, 0.15) is 50.7 Å². The topological polar surface area (TPSA) is 43.9 Å². The number of imidazole rings is 1. The Hall–Kier alpha value is -4.29.